The van der Waals surface area contributed by atoms with Gasteiger partial charge in [0.05, 0.1) is 0 Å². The van der Waals surface area contributed by atoms with E-state index in [0.29, 0.717) is 0 Å². The fourth-order valence-corrected chi connectivity index (χ4v) is 5.26. The van der Waals surface area contributed by atoms with E-state index >= 15 is 0 Å². The zero-order valence-corrected chi connectivity index (χ0v) is 17.4. The summed E-state index contributed by atoms with van der Waals surface area (Å²) in [6.07, 6.45) is 0.947. The molecule has 0 atom stereocenters. The van der Waals surface area contributed by atoms with Crippen LogP contribution in [0.25, 0.3) is 55.0 Å². The van der Waals surface area contributed by atoms with Crippen LogP contribution in [-0.2, 0) is 6.42 Å². The maximum Gasteiger partial charge on any atom is 0.136 e. The highest BCUT2D eigenvalue weighted by atomic mass is 35.5. The maximum atomic E-state index is 6.22. The minimum absolute atomic E-state index is 0.802. The molecule has 1 aliphatic carbocycles. The van der Waals surface area contributed by atoms with E-state index in [1.165, 1.54) is 49.5 Å². The topological polar surface area (TPSA) is 13.1 Å². The molecule has 0 saturated heterocycles. The predicted octanol–water partition coefficient (Wildman–Crippen LogP) is 8.63. The summed E-state index contributed by atoms with van der Waals surface area (Å²) in [4.78, 5) is 0. The van der Waals surface area contributed by atoms with Crippen LogP contribution in [0.15, 0.2) is 95.4 Å². The van der Waals surface area contributed by atoms with Crippen LogP contribution in [0.4, 0.5) is 0 Å². The van der Waals surface area contributed by atoms with Crippen LogP contribution in [0.2, 0.25) is 5.02 Å². The molecule has 1 aliphatic rings. The van der Waals surface area contributed by atoms with E-state index in [2.05, 4.69) is 84.9 Å². The van der Waals surface area contributed by atoms with Gasteiger partial charge >= 0.3 is 0 Å². The van der Waals surface area contributed by atoms with Gasteiger partial charge in [0.15, 0.2) is 0 Å². The lowest BCUT2D eigenvalue weighted by atomic mass is 9.97. The van der Waals surface area contributed by atoms with Gasteiger partial charge in [-0.05, 0) is 87.0 Å². The normalized spacial score (nSPS) is 12.5. The van der Waals surface area contributed by atoms with Crippen LogP contribution in [0, 0.1) is 0 Å². The van der Waals surface area contributed by atoms with Gasteiger partial charge in [0.2, 0.25) is 0 Å². The molecule has 31 heavy (non-hydrogen) atoms. The van der Waals surface area contributed by atoms with E-state index < -0.39 is 0 Å². The number of benzene rings is 5. The van der Waals surface area contributed by atoms with Crippen molar-refractivity contribution in [1.82, 2.24) is 0 Å². The Labute approximate surface area is 184 Å². The molecule has 6 aromatic rings. The van der Waals surface area contributed by atoms with Gasteiger partial charge < -0.3 is 4.42 Å². The summed E-state index contributed by atoms with van der Waals surface area (Å²) in [5.74, 6) is 0. The molecule has 5 aromatic carbocycles. The van der Waals surface area contributed by atoms with E-state index in [1.807, 2.05) is 6.07 Å². The molecule has 0 amide bonds. The van der Waals surface area contributed by atoms with Crippen molar-refractivity contribution in [2.24, 2.45) is 0 Å². The van der Waals surface area contributed by atoms with Crippen LogP contribution in [0.1, 0.15) is 11.1 Å². The first-order chi connectivity index (χ1) is 15.2. The first-order valence-electron chi connectivity index (χ1n) is 10.5. The molecular weight excluding hydrogens is 400 g/mol. The fourth-order valence-electron chi connectivity index (χ4n) is 5.06. The molecular formula is C29H17ClO. The summed E-state index contributed by atoms with van der Waals surface area (Å²) >= 11 is 6.22. The lowest BCUT2D eigenvalue weighted by Gasteiger charge is -2.07. The van der Waals surface area contributed by atoms with E-state index in [1.54, 1.807) is 0 Å². The highest BCUT2D eigenvalue weighted by molar-refractivity contribution is 6.30. The Morgan fingerprint density at radius 1 is 0.613 bits per heavy atom. The smallest absolute Gasteiger partial charge is 0.136 e. The third-order valence-electron chi connectivity index (χ3n) is 6.54. The van der Waals surface area contributed by atoms with E-state index in [0.717, 1.165) is 28.0 Å². The molecule has 0 saturated carbocycles. The Morgan fingerprint density at radius 2 is 1.45 bits per heavy atom. The number of furan rings is 1. The van der Waals surface area contributed by atoms with Crippen LogP contribution in [0.3, 0.4) is 0 Å². The zero-order valence-electron chi connectivity index (χ0n) is 16.7. The van der Waals surface area contributed by atoms with Crippen molar-refractivity contribution >= 4 is 44.3 Å². The van der Waals surface area contributed by atoms with Crippen LogP contribution < -0.4 is 0 Å². The average Bonchev–Trinajstić information content (AvgIpc) is 3.35. The van der Waals surface area contributed by atoms with Gasteiger partial charge in [0, 0.05) is 15.8 Å². The molecule has 0 bridgehead atoms. The molecule has 0 aliphatic heterocycles. The fraction of sp³-hybridized carbons (Fsp3) is 0.0345. The SMILES string of the molecule is Clc1ccc2c(c1)Cc1ccc(-c3ccc4oc5ccc6ccccc6c5c4c3)cc1-2. The van der Waals surface area contributed by atoms with Gasteiger partial charge in [-0.1, -0.05) is 66.2 Å². The number of fused-ring (bicyclic) bond motifs is 8. The van der Waals surface area contributed by atoms with Crippen LogP contribution >= 0.6 is 11.6 Å². The van der Waals surface area contributed by atoms with Gasteiger partial charge in [0.1, 0.15) is 11.2 Å². The Kier molecular flexibility index (Phi) is 3.45. The lowest BCUT2D eigenvalue weighted by Crippen LogP contribution is -1.83. The Bertz CT molecular complexity index is 1670. The molecule has 0 N–H and O–H groups in total. The second-order valence-electron chi connectivity index (χ2n) is 8.32. The lowest BCUT2D eigenvalue weighted by molar-refractivity contribution is 0.669. The van der Waals surface area contributed by atoms with Crippen molar-refractivity contribution in [3.63, 3.8) is 0 Å². The molecule has 1 nitrogen and oxygen atoms in total. The Hall–Kier alpha value is -3.55. The van der Waals surface area contributed by atoms with Gasteiger partial charge in [-0.2, -0.15) is 0 Å². The third kappa shape index (κ3) is 2.50. The van der Waals surface area contributed by atoms with Crippen molar-refractivity contribution in [3.05, 3.63) is 107 Å². The van der Waals surface area contributed by atoms with Gasteiger partial charge in [-0.25, -0.2) is 0 Å². The molecule has 0 radical (unpaired) electrons. The van der Waals surface area contributed by atoms with Crippen LogP contribution in [0.5, 0.6) is 0 Å². The van der Waals surface area contributed by atoms with E-state index in [9.17, 15) is 0 Å². The third-order valence-corrected chi connectivity index (χ3v) is 6.78. The minimum atomic E-state index is 0.802. The van der Waals surface area contributed by atoms with Crippen molar-refractivity contribution in [3.8, 4) is 22.3 Å². The van der Waals surface area contributed by atoms with Crippen molar-refractivity contribution in [2.75, 3.05) is 0 Å². The van der Waals surface area contributed by atoms with Crippen LogP contribution in [-0.4, -0.2) is 0 Å². The second-order valence-corrected chi connectivity index (χ2v) is 8.76. The van der Waals surface area contributed by atoms with E-state index in [4.69, 9.17) is 16.0 Å². The standard InChI is InChI=1S/C29H17ClO/c30-22-9-10-23-21(14-22)13-20-6-5-18(15-25(20)23)19-8-11-27-26(16-19)29-24-4-2-1-3-17(24)7-12-28(29)31-27/h1-12,14-16H,13H2. The summed E-state index contributed by atoms with van der Waals surface area (Å²) in [6.45, 7) is 0. The molecule has 0 spiro atoms. The van der Waals surface area contributed by atoms with Crippen molar-refractivity contribution < 1.29 is 4.42 Å². The number of rotatable bonds is 1. The quantitative estimate of drug-likeness (QED) is 0.261. The molecule has 1 aromatic heterocycles. The second kappa shape index (κ2) is 6.23. The monoisotopic (exact) mass is 416 g/mol. The summed E-state index contributed by atoms with van der Waals surface area (Å²) in [6, 6.07) is 32.3. The van der Waals surface area contributed by atoms with Gasteiger partial charge in [-0.3, -0.25) is 0 Å². The molecule has 146 valence electrons. The zero-order chi connectivity index (χ0) is 20.5. The first-order valence-corrected chi connectivity index (χ1v) is 10.9. The number of hydrogen-bond donors (Lipinski definition) is 0. The summed E-state index contributed by atoms with van der Waals surface area (Å²) < 4.78 is 6.17. The molecule has 1 heterocycles. The van der Waals surface area contributed by atoms with Gasteiger partial charge in [0.25, 0.3) is 0 Å². The minimum Gasteiger partial charge on any atom is -0.456 e. The molecule has 7 rings (SSSR count). The average molecular weight is 417 g/mol. The Morgan fingerprint density at radius 3 is 2.42 bits per heavy atom. The molecule has 0 fully saturated rings. The number of halogens is 1. The number of hydrogen-bond acceptors (Lipinski definition) is 1. The van der Waals surface area contributed by atoms with E-state index in [-0.39, 0.29) is 0 Å². The predicted molar refractivity (Wildman–Crippen MR) is 130 cm³/mol. The Balaban J connectivity index is 1.45. The largest absolute Gasteiger partial charge is 0.456 e. The molecule has 2 heteroatoms. The van der Waals surface area contributed by atoms with Crippen molar-refractivity contribution in [1.29, 1.82) is 0 Å². The summed E-state index contributed by atoms with van der Waals surface area (Å²) in [5, 5.41) is 5.62. The first kappa shape index (κ1) is 17.2. The van der Waals surface area contributed by atoms with Crippen molar-refractivity contribution in [2.45, 2.75) is 6.42 Å². The highest BCUT2D eigenvalue weighted by Crippen LogP contribution is 2.41. The summed E-state index contributed by atoms with van der Waals surface area (Å²) in [7, 11) is 0. The summed E-state index contributed by atoms with van der Waals surface area (Å²) in [5.41, 5.74) is 9.56. The maximum absolute atomic E-state index is 6.22. The molecule has 0 unspecified atom stereocenters. The highest BCUT2D eigenvalue weighted by Gasteiger charge is 2.19. The van der Waals surface area contributed by atoms with Gasteiger partial charge in [-0.15, -0.1) is 0 Å².